The lowest BCUT2D eigenvalue weighted by molar-refractivity contribution is 0.223. The third-order valence-electron chi connectivity index (χ3n) is 5.41. The highest BCUT2D eigenvalue weighted by Gasteiger charge is 2.41. The number of aromatic nitrogens is 4. The minimum atomic E-state index is -0.261. The molecule has 1 saturated carbocycles. The van der Waals surface area contributed by atoms with Crippen LogP contribution in [0.1, 0.15) is 57.0 Å². The van der Waals surface area contributed by atoms with Gasteiger partial charge in [0.15, 0.2) is 5.82 Å². The second kappa shape index (κ2) is 7.21. The van der Waals surface area contributed by atoms with Crippen LogP contribution in [0.2, 0.25) is 0 Å². The zero-order chi connectivity index (χ0) is 17.9. The van der Waals surface area contributed by atoms with Gasteiger partial charge in [0.2, 0.25) is 0 Å². The number of hydrogen-bond acceptors (Lipinski definition) is 4. The largest absolute Gasteiger partial charge is 0.335 e. The van der Waals surface area contributed by atoms with Crippen molar-refractivity contribution in [3.05, 3.63) is 41.7 Å². The Hall–Kier alpha value is -2.44. The Morgan fingerprint density at radius 3 is 2.44 bits per heavy atom. The van der Waals surface area contributed by atoms with E-state index in [1.165, 1.54) is 18.4 Å². The van der Waals surface area contributed by atoms with Crippen LogP contribution < -0.4 is 10.6 Å². The highest BCUT2D eigenvalue weighted by Crippen LogP contribution is 2.43. The first kappa shape index (κ1) is 17.4. The fourth-order valence-corrected chi connectivity index (χ4v) is 3.99. The number of hydrogen-bond donors (Lipinski definition) is 2. The molecule has 7 heteroatoms. The average Bonchev–Trinajstić information content (AvgIpc) is 3.25. The summed E-state index contributed by atoms with van der Waals surface area (Å²) in [7, 11) is 1.76. The Kier molecular flexibility index (Phi) is 5.01. The van der Waals surface area contributed by atoms with Crippen LogP contribution in [0.3, 0.4) is 0 Å². The number of carbonyl (C=O) groups excluding carboxylic acids is 1. The number of tetrazole rings is 1. The van der Waals surface area contributed by atoms with Gasteiger partial charge >= 0.3 is 6.03 Å². The lowest BCUT2D eigenvalue weighted by atomic mass is 9.73. The Bertz CT molecular complexity index is 707. The summed E-state index contributed by atoms with van der Waals surface area (Å²) in [5.41, 5.74) is 1.32. The van der Waals surface area contributed by atoms with Crippen LogP contribution in [-0.4, -0.2) is 32.3 Å². The van der Waals surface area contributed by atoms with E-state index in [9.17, 15) is 4.79 Å². The molecule has 134 valence electrons. The summed E-state index contributed by atoms with van der Waals surface area (Å²) in [5.74, 6) is 0.626. The second-order valence-electron chi connectivity index (χ2n) is 6.95. The lowest BCUT2D eigenvalue weighted by Crippen LogP contribution is -2.51. The van der Waals surface area contributed by atoms with E-state index >= 15 is 0 Å². The van der Waals surface area contributed by atoms with Crippen molar-refractivity contribution in [2.75, 3.05) is 0 Å². The number of rotatable bonds is 5. The molecule has 1 aliphatic carbocycles. The van der Waals surface area contributed by atoms with Crippen LogP contribution in [0.5, 0.6) is 0 Å². The smallest absolute Gasteiger partial charge is 0.315 e. The Balaban J connectivity index is 1.68. The van der Waals surface area contributed by atoms with Gasteiger partial charge in [-0.15, -0.1) is 5.10 Å². The van der Waals surface area contributed by atoms with E-state index < -0.39 is 0 Å². The number of benzene rings is 1. The summed E-state index contributed by atoms with van der Waals surface area (Å²) < 4.78 is 1.57. The third-order valence-corrected chi connectivity index (χ3v) is 5.41. The van der Waals surface area contributed by atoms with Crippen molar-refractivity contribution in [3.63, 3.8) is 0 Å². The molecule has 1 fully saturated rings. The van der Waals surface area contributed by atoms with Gasteiger partial charge in [-0.25, -0.2) is 9.48 Å². The molecule has 1 aliphatic rings. The Morgan fingerprint density at radius 1 is 1.16 bits per heavy atom. The molecule has 7 nitrogen and oxygen atoms in total. The molecule has 1 aromatic carbocycles. The third kappa shape index (κ3) is 3.50. The first-order valence-electron chi connectivity index (χ1n) is 8.88. The van der Waals surface area contributed by atoms with Crippen molar-refractivity contribution in [1.29, 1.82) is 0 Å². The molecule has 0 unspecified atom stereocenters. The number of aryl methyl sites for hydroxylation is 1. The molecule has 2 aromatic rings. The lowest BCUT2D eigenvalue weighted by Gasteiger charge is -2.36. The maximum absolute atomic E-state index is 12.5. The number of amides is 2. The second-order valence-corrected chi connectivity index (χ2v) is 6.95. The molecule has 1 aromatic heterocycles. The number of nitrogens with one attached hydrogen (secondary N) is 2. The van der Waals surface area contributed by atoms with Crippen molar-refractivity contribution >= 4 is 6.03 Å². The van der Waals surface area contributed by atoms with Crippen LogP contribution in [0, 0.1) is 0 Å². The molecule has 0 aliphatic heterocycles. The van der Waals surface area contributed by atoms with Gasteiger partial charge in [0.25, 0.3) is 0 Å². The molecule has 0 spiro atoms. The summed E-state index contributed by atoms with van der Waals surface area (Å²) >= 11 is 0. The van der Waals surface area contributed by atoms with Gasteiger partial charge in [-0.05, 0) is 42.7 Å². The van der Waals surface area contributed by atoms with Gasteiger partial charge in [0.05, 0.1) is 6.04 Å². The van der Waals surface area contributed by atoms with Crippen molar-refractivity contribution in [3.8, 4) is 0 Å². The zero-order valence-corrected chi connectivity index (χ0v) is 15.1. The first-order valence-corrected chi connectivity index (χ1v) is 8.88. The summed E-state index contributed by atoms with van der Waals surface area (Å²) in [6.45, 7) is 3.98. The molecule has 0 radical (unpaired) electrons. The van der Waals surface area contributed by atoms with Crippen LogP contribution in [-0.2, 0) is 12.5 Å². The maximum atomic E-state index is 12.5. The summed E-state index contributed by atoms with van der Waals surface area (Å²) in [6, 6.07) is 10.1. The van der Waals surface area contributed by atoms with Crippen molar-refractivity contribution < 1.29 is 4.79 Å². The minimum Gasteiger partial charge on any atom is -0.335 e. The monoisotopic (exact) mass is 342 g/mol. The van der Waals surface area contributed by atoms with Crippen molar-refractivity contribution in [2.45, 2.75) is 57.0 Å². The van der Waals surface area contributed by atoms with Crippen LogP contribution in [0.25, 0.3) is 0 Å². The SMILES string of the molecule is C[C@H](NC(=O)N[C@@H](C)C1(c2ccccc2)CCCC1)c1nnnn1C. The first-order chi connectivity index (χ1) is 12.0. The van der Waals surface area contributed by atoms with Gasteiger partial charge in [0.1, 0.15) is 0 Å². The van der Waals surface area contributed by atoms with Gasteiger partial charge < -0.3 is 10.6 Å². The number of urea groups is 1. The van der Waals surface area contributed by atoms with Crippen LogP contribution in [0.4, 0.5) is 4.79 Å². The molecule has 0 bridgehead atoms. The van der Waals surface area contributed by atoms with Gasteiger partial charge in [0, 0.05) is 18.5 Å². The predicted octanol–water partition coefficient (Wildman–Crippen LogP) is 2.47. The van der Waals surface area contributed by atoms with E-state index in [1.54, 1.807) is 11.7 Å². The zero-order valence-electron chi connectivity index (χ0n) is 15.1. The van der Waals surface area contributed by atoms with Crippen molar-refractivity contribution in [2.24, 2.45) is 7.05 Å². The Morgan fingerprint density at radius 2 is 1.84 bits per heavy atom. The normalized spacial score (nSPS) is 18.5. The average molecular weight is 342 g/mol. The molecule has 2 amide bonds. The van der Waals surface area contributed by atoms with Crippen LogP contribution in [0.15, 0.2) is 30.3 Å². The predicted molar refractivity (Wildman–Crippen MR) is 94.9 cm³/mol. The highest BCUT2D eigenvalue weighted by atomic mass is 16.2. The maximum Gasteiger partial charge on any atom is 0.315 e. The van der Waals surface area contributed by atoms with E-state index in [2.05, 4.69) is 57.3 Å². The number of carbonyl (C=O) groups is 1. The molecule has 0 saturated heterocycles. The molecule has 2 N–H and O–H groups in total. The van der Waals surface area contributed by atoms with E-state index in [4.69, 9.17) is 0 Å². The molecule has 2 atom stereocenters. The molecular weight excluding hydrogens is 316 g/mol. The highest BCUT2D eigenvalue weighted by molar-refractivity contribution is 5.74. The summed E-state index contributed by atoms with van der Waals surface area (Å²) in [6.07, 6.45) is 4.59. The standard InChI is InChI=1S/C18H26N6O/c1-13(16-21-22-23-24(16)3)19-17(25)20-14(2)18(11-7-8-12-18)15-9-5-4-6-10-15/h4-6,9-10,13-14H,7-8,11-12H2,1-3H3,(H2,19,20,25)/t13-,14-/m0/s1. The molecule has 1 heterocycles. The van der Waals surface area contributed by atoms with Crippen molar-refractivity contribution in [1.82, 2.24) is 30.8 Å². The summed E-state index contributed by atoms with van der Waals surface area (Å²) in [4.78, 5) is 12.5. The van der Waals surface area contributed by atoms with E-state index in [1.807, 2.05) is 13.0 Å². The quantitative estimate of drug-likeness (QED) is 0.874. The molecular formula is C18H26N6O. The summed E-state index contributed by atoms with van der Waals surface area (Å²) in [5, 5.41) is 17.4. The van der Waals surface area contributed by atoms with Crippen LogP contribution >= 0.6 is 0 Å². The van der Waals surface area contributed by atoms with Gasteiger partial charge in [-0.3, -0.25) is 0 Å². The molecule has 25 heavy (non-hydrogen) atoms. The topological polar surface area (TPSA) is 84.7 Å². The van der Waals surface area contributed by atoms with Gasteiger partial charge in [-0.1, -0.05) is 43.2 Å². The fourth-order valence-electron chi connectivity index (χ4n) is 3.99. The van der Waals surface area contributed by atoms with Gasteiger partial charge in [-0.2, -0.15) is 0 Å². The number of nitrogens with zero attached hydrogens (tertiary/aromatic N) is 4. The fraction of sp³-hybridized carbons (Fsp3) is 0.556. The van der Waals surface area contributed by atoms with E-state index in [0.717, 1.165) is 12.8 Å². The molecule has 3 rings (SSSR count). The van der Waals surface area contributed by atoms with E-state index in [-0.39, 0.29) is 23.5 Å². The van der Waals surface area contributed by atoms with E-state index in [0.29, 0.717) is 5.82 Å². The Labute approximate surface area is 148 Å². The minimum absolute atomic E-state index is 0.00811.